The van der Waals surface area contributed by atoms with Crippen LogP contribution in [0.1, 0.15) is 41.3 Å². The molecule has 0 bridgehead atoms. The highest BCUT2D eigenvalue weighted by Crippen LogP contribution is 2.41. The lowest BCUT2D eigenvalue weighted by Crippen LogP contribution is -2.08. The minimum Gasteiger partial charge on any atom is -0.325 e. The van der Waals surface area contributed by atoms with E-state index in [-0.39, 0.29) is 0 Å². The topological polar surface area (TPSA) is 56.7 Å². The Hall–Kier alpha value is -1.68. The van der Waals surface area contributed by atoms with E-state index in [0.29, 0.717) is 12.5 Å². The van der Waals surface area contributed by atoms with E-state index < -0.39 is 0 Å². The van der Waals surface area contributed by atoms with E-state index in [9.17, 15) is 0 Å². The maximum absolute atomic E-state index is 5.74. The molecule has 0 atom stereocenters. The normalized spacial score (nSPS) is 15.0. The predicted molar refractivity (Wildman–Crippen MR) is 70.2 cm³/mol. The van der Waals surface area contributed by atoms with Gasteiger partial charge in [0.05, 0.1) is 17.9 Å². The van der Waals surface area contributed by atoms with Crippen LogP contribution < -0.4 is 5.73 Å². The average molecular weight is 242 g/mol. The van der Waals surface area contributed by atoms with Gasteiger partial charge in [-0.05, 0) is 30.9 Å². The lowest BCUT2D eigenvalue weighted by molar-refractivity contribution is 0.617. The Morgan fingerprint density at radius 1 is 1.33 bits per heavy atom. The molecule has 4 heteroatoms. The molecule has 1 aromatic carbocycles. The van der Waals surface area contributed by atoms with Crippen molar-refractivity contribution in [2.75, 3.05) is 0 Å². The van der Waals surface area contributed by atoms with Crippen molar-refractivity contribution in [1.29, 1.82) is 0 Å². The van der Waals surface area contributed by atoms with Crippen molar-refractivity contribution in [3.63, 3.8) is 0 Å². The number of nitrogens with zero attached hydrogens (tertiary/aromatic N) is 3. The second-order valence-corrected chi connectivity index (χ2v) is 4.98. The summed E-state index contributed by atoms with van der Waals surface area (Å²) in [6.45, 7) is 3.41. The van der Waals surface area contributed by atoms with Crippen LogP contribution in [0.3, 0.4) is 0 Å². The molecule has 0 spiro atoms. The van der Waals surface area contributed by atoms with Gasteiger partial charge in [-0.15, -0.1) is 5.10 Å². The lowest BCUT2D eigenvalue weighted by atomic mass is 10.1. The molecule has 2 N–H and O–H groups in total. The Kier molecular flexibility index (Phi) is 2.88. The number of benzene rings is 1. The molecule has 1 fully saturated rings. The van der Waals surface area contributed by atoms with Gasteiger partial charge in [0.25, 0.3) is 0 Å². The van der Waals surface area contributed by atoms with Crippen molar-refractivity contribution in [3.8, 4) is 0 Å². The third kappa shape index (κ3) is 2.04. The number of hydrogen-bond donors (Lipinski definition) is 1. The van der Waals surface area contributed by atoms with Gasteiger partial charge in [-0.3, -0.25) is 0 Å². The zero-order valence-electron chi connectivity index (χ0n) is 10.6. The Balaban J connectivity index is 1.93. The van der Waals surface area contributed by atoms with E-state index in [0.717, 1.165) is 12.2 Å². The molecule has 0 saturated heterocycles. The van der Waals surface area contributed by atoms with Gasteiger partial charge < -0.3 is 5.73 Å². The summed E-state index contributed by atoms with van der Waals surface area (Å²) in [6.07, 6.45) is 2.49. The summed E-state index contributed by atoms with van der Waals surface area (Å²) in [4.78, 5) is 0. The van der Waals surface area contributed by atoms with Gasteiger partial charge in [0, 0.05) is 12.5 Å². The van der Waals surface area contributed by atoms with E-state index in [1.165, 1.54) is 29.7 Å². The van der Waals surface area contributed by atoms with Crippen molar-refractivity contribution < 1.29 is 0 Å². The van der Waals surface area contributed by atoms with Crippen LogP contribution in [0.15, 0.2) is 24.3 Å². The third-order valence-electron chi connectivity index (χ3n) is 3.59. The lowest BCUT2D eigenvalue weighted by Gasteiger charge is -2.09. The van der Waals surface area contributed by atoms with Crippen molar-refractivity contribution in [2.45, 2.75) is 38.8 Å². The smallest absolute Gasteiger partial charge is 0.0997 e. The SMILES string of the molecule is Cc1ccccc1Cn1nnc(CN)c1C1CC1. The van der Waals surface area contributed by atoms with E-state index in [2.05, 4.69) is 41.5 Å². The van der Waals surface area contributed by atoms with Crippen LogP contribution in [-0.4, -0.2) is 15.0 Å². The maximum Gasteiger partial charge on any atom is 0.0997 e. The van der Waals surface area contributed by atoms with Gasteiger partial charge in [-0.1, -0.05) is 29.5 Å². The largest absolute Gasteiger partial charge is 0.325 e. The second-order valence-electron chi connectivity index (χ2n) is 4.98. The highest BCUT2D eigenvalue weighted by atomic mass is 15.4. The first-order valence-electron chi connectivity index (χ1n) is 6.46. The van der Waals surface area contributed by atoms with Gasteiger partial charge in [0.15, 0.2) is 0 Å². The third-order valence-corrected chi connectivity index (χ3v) is 3.59. The molecule has 0 amide bonds. The fourth-order valence-corrected chi connectivity index (χ4v) is 2.37. The first kappa shape index (κ1) is 11.4. The summed E-state index contributed by atoms with van der Waals surface area (Å²) >= 11 is 0. The van der Waals surface area contributed by atoms with Gasteiger partial charge in [0.1, 0.15) is 0 Å². The molecule has 3 rings (SSSR count). The average Bonchev–Trinajstić information content (AvgIpc) is 3.14. The van der Waals surface area contributed by atoms with Crippen LogP contribution in [0.25, 0.3) is 0 Å². The molecule has 0 radical (unpaired) electrons. The van der Waals surface area contributed by atoms with Crippen LogP contribution in [0.2, 0.25) is 0 Å². The molecule has 1 heterocycles. The highest BCUT2D eigenvalue weighted by molar-refractivity contribution is 5.27. The van der Waals surface area contributed by atoms with Crippen LogP contribution >= 0.6 is 0 Å². The molecule has 1 aliphatic rings. The number of aryl methyl sites for hydroxylation is 1. The highest BCUT2D eigenvalue weighted by Gasteiger charge is 2.30. The Morgan fingerprint density at radius 3 is 2.78 bits per heavy atom. The fourth-order valence-electron chi connectivity index (χ4n) is 2.37. The van der Waals surface area contributed by atoms with Crippen LogP contribution in [0, 0.1) is 6.92 Å². The van der Waals surface area contributed by atoms with E-state index in [1.807, 2.05) is 4.68 Å². The van der Waals surface area contributed by atoms with Crippen molar-refractivity contribution in [2.24, 2.45) is 5.73 Å². The second kappa shape index (κ2) is 4.53. The zero-order valence-corrected chi connectivity index (χ0v) is 10.6. The molecule has 94 valence electrons. The summed E-state index contributed by atoms with van der Waals surface area (Å²) in [5, 5.41) is 8.48. The van der Waals surface area contributed by atoms with E-state index >= 15 is 0 Å². The van der Waals surface area contributed by atoms with Crippen LogP contribution in [0.4, 0.5) is 0 Å². The molecule has 4 nitrogen and oxygen atoms in total. The molecule has 2 aromatic rings. The molecular weight excluding hydrogens is 224 g/mol. The first-order chi connectivity index (χ1) is 8.79. The zero-order chi connectivity index (χ0) is 12.5. The molecule has 0 aliphatic heterocycles. The number of hydrogen-bond acceptors (Lipinski definition) is 3. The monoisotopic (exact) mass is 242 g/mol. The summed E-state index contributed by atoms with van der Waals surface area (Å²) < 4.78 is 2.03. The van der Waals surface area contributed by atoms with Gasteiger partial charge in [-0.25, -0.2) is 4.68 Å². The predicted octanol–water partition coefficient (Wildman–Crippen LogP) is 1.97. The first-order valence-corrected chi connectivity index (χ1v) is 6.46. The summed E-state index contributed by atoms with van der Waals surface area (Å²) in [7, 11) is 0. The number of aromatic nitrogens is 3. The van der Waals surface area contributed by atoms with Gasteiger partial charge in [-0.2, -0.15) is 0 Å². The Labute approximate surface area is 107 Å². The van der Waals surface area contributed by atoms with Gasteiger partial charge in [0.2, 0.25) is 0 Å². The van der Waals surface area contributed by atoms with Crippen LogP contribution in [0.5, 0.6) is 0 Å². The number of rotatable bonds is 4. The minimum atomic E-state index is 0.486. The summed E-state index contributed by atoms with van der Waals surface area (Å²) in [6, 6.07) is 8.41. The van der Waals surface area contributed by atoms with Crippen molar-refractivity contribution in [3.05, 3.63) is 46.8 Å². The molecule has 1 aromatic heterocycles. The quantitative estimate of drug-likeness (QED) is 0.891. The molecule has 0 unspecified atom stereocenters. The standard InChI is InChI=1S/C14H18N4/c1-10-4-2-3-5-12(10)9-18-14(11-6-7-11)13(8-15)16-17-18/h2-5,11H,6-9,15H2,1H3. The van der Waals surface area contributed by atoms with Crippen molar-refractivity contribution in [1.82, 2.24) is 15.0 Å². The van der Waals surface area contributed by atoms with E-state index in [1.54, 1.807) is 0 Å². The van der Waals surface area contributed by atoms with E-state index in [4.69, 9.17) is 5.73 Å². The fraction of sp³-hybridized carbons (Fsp3) is 0.429. The molecule has 1 saturated carbocycles. The summed E-state index contributed by atoms with van der Waals surface area (Å²) in [5.41, 5.74) is 10.5. The van der Waals surface area contributed by atoms with Crippen molar-refractivity contribution >= 4 is 0 Å². The minimum absolute atomic E-state index is 0.486. The maximum atomic E-state index is 5.74. The van der Waals surface area contributed by atoms with Crippen LogP contribution in [-0.2, 0) is 13.1 Å². The Bertz CT molecular complexity index is 555. The van der Waals surface area contributed by atoms with Gasteiger partial charge >= 0.3 is 0 Å². The number of nitrogens with two attached hydrogens (primary N) is 1. The molecular formula is C14H18N4. The molecule has 18 heavy (non-hydrogen) atoms. The Morgan fingerprint density at radius 2 is 2.11 bits per heavy atom. The summed E-state index contributed by atoms with van der Waals surface area (Å²) in [5.74, 6) is 0.627. The molecule has 1 aliphatic carbocycles.